The third kappa shape index (κ3) is 1.85. The summed E-state index contributed by atoms with van der Waals surface area (Å²) < 4.78 is 0. The van der Waals surface area contributed by atoms with E-state index in [1.54, 1.807) is 12.1 Å². The highest BCUT2D eigenvalue weighted by Gasteiger charge is 2.09. The van der Waals surface area contributed by atoms with Crippen molar-refractivity contribution in [1.29, 1.82) is 0 Å². The minimum absolute atomic E-state index is 0.377. The molecule has 4 nitrogen and oxygen atoms in total. The lowest BCUT2D eigenvalue weighted by Gasteiger charge is -2.19. The summed E-state index contributed by atoms with van der Waals surface area (Å²) in [4.78, 5) is 12.3. The maximum atomic E-state index is 10.4. The third-order valence-corrected chi connectivity index (χ3v) is 2.11. The van der Waals surface area contributed by atoms with Crippen LogP contribution in [0.4, 0.5) is 11.4 Å². The van der Waals surface area contributed by atoms with Crippen molar-refractivity contribution in [2.75, 3.05) is 24.1 Å². The SMILES string of the molecule is Cc1c(N(C)C)cccc1N(O)C=O. The number of nitrogens with zero attached hydrogens (tertiary/aromatic N) is 2. The van der Waals surface area contributed by atoms with Gasteiger partial charge in [-0.15, -0.1) is 0 Å². The van der Waals surface area contributed by atoms with E-state index in [4.69, 9.17) is 0 Å². The molecule has 0 aliphatic rings. The molecule has 0 saturated carbocycles. The molecular weight excluding hydrogens is 180 g/mol. The maximum absolute atomic E-state index is 10.4. The molecule has 0 radical (unpaired) electrons. The van der Waals surface area contributed by atoms with Crippen LogP contribution in [-0.4, -0.2) is 25.7 Å². The van der Waals surface area contributed by atoms with Crippen molar-refractivity contribution in [3.05, 3.63) is 23.8 Å². The number of carbonyl (C=O) groups is 1. The van der Waals surface area contributed by atoms with E-state index in [2.05, 4.69) is 0 Å². The summed E-state index contributed by atoms with van der Waals surface area (Å²) in [6.45, 7) is 1.86. The van der Waals surface area contributed by atoms with Gasteiger partial charge in [0, 0.05) is 19.8 Å². The lowest BCUT2D eigenvalue weighted by atomic mass is 10.1. The second kappa shape index (κ2) is 4.11. The zero-order chi connectivity index (χ0) is 10.7. The van der Waals surface area contributed by atoms with Gasteiger partial charge in [-0.1, -0.05) is 6.07 Å². The van der Waals surface area contributed by atoms with Crippen LogP contribution >= 0.6 is 0 Å². The Morgan fingerprint density at radius 2 is 1.86 bits per heavy atom. The fourth-order valence-corrected chi connectivity index (χ4v) is 1.40. The summed E-state index contributed by atoms with van der Waals surface area (Å²) in [5.74, 6) is 0. The number of anilines is 2. The summed E-state index contributed by atoms with van der Waals surface area (Å²) in [5.41, 5.74) is 2.35. The van der Waals surface area contributed by atoms with Gasteiger partial charge in [0.15, 0.2) is 0 Å². The number of carbonyl (C=O) groups excluding carboxylic acids is 1. The van der Waals surface area contributed by atoms with Gasteiger partial charge in [0.1, 0.15) is 0 Å². The van der Waals surface area contributed by atoms with Crippen molar-refractivity contribution in [3.8, 4) is 0 Å². The molecule has 0 heterocycles. The molecular formula is C10H14N2O2. The molecule has 0 aliphatic carbocycles. The van der Waals surface area contributed by atoms with Gasteiger partial charge in [0.2, 0.25) is 6.41 Å². The first-order valence-corrected chi connectivity index (χ1v) is 4.28. The molecule has 4 heteroatoms. The highest BCUT2D eigenvalue weighted by molar-refractivity contribution is 5.77. The number of rotatable bonds is 3. The second-order valence-electron chi connectivity index (χ2n) is 3.27. The van der Waals surface area contributed by atoms with E-state index in [-0.39, 0.29) is 0 Å². The fourth-order valence-electron chi connectivity index (χ4n) is 1.40. The van der Waals surface area contributed by atoms with E-state index in [0.29, 0.717) is 17.2 Å². The Morgan fingerprint density at radius 1 is 1.29 bits per heavy atom. The number of benzene rings is 1. The molecule has 1 aromatic rings. The van der Waals surface area contributed by atoms with Crippen LogP contribution in [0.25, 0.3) is 0 Å². The normalized spacial score (nSPS) is 9.71. The van der Waals surface area contributed by atoms with Crippen LogP contribution in [0.1, 0.15) is 5.56 Å². The van der Waals surface area contributed by atoms with Crippen LogP contribution in [0, 0.1) is 6.92 Å². The van der Waals surface area contributed by atoms with Crippen molar-refractivity contribution in [1.82, 2.24) is 0 Å². The number of hydroxylamine groups is 1. The number of amides is 1. The molecule has 0 atom stereocenters. The summed E-state index contributed by atoms with van der Waals surface area (Å²) >= 11 is 0. The molecule has 0 unspecified atom stereocenters. The van der Waals surface area contributed by atoms with Gasteiger partial charge in [-0.2, -0.15) is 5.06 Å². The van der Waals surface area contributed by atoms with Gasteiger partial charge in [-0.05, 0) is 24.6 Å². The Balaban J connectivity index is 3.20. The molecule has 14 heavy (non-hydrogen) atoms. The van der Waals surface area contributed by atoms with E-state index in [1.165, 1.54) is 0 Å². The molecule has 1 rings (SSSR count). The van der Waals surface area contributed by atoms with Crippen LogP contribution in [0.5, 0.6) is 0 Å². The number of hydrogen-bond acceptors (Lipinski definition) is 3. The van der Waals surface area contributed by atoms with Crippen LogP contribution in [0.2, 0.25) is 0 Å². The Hall–Kier alpha value is -1.55. The van der Waals surface area contributed by atoms with Crippen LogP contribution in [-0.2, 0) is 4.79 Å². The van der Waals surface area contributed by atoms with E-state index in [1.807, 2.05) is 32.0 Å². The first-order valence-electron chi connectivity index (χ1n) is 4.28. The smallest absolute Gasteiger partial charge is 0.237 e. The van der Waals surface area contributed by atoms with Crippen molar-refractivity contribution in [2.45, 2.75) is 6.92 Å². The standard InChI is InChI=1S/C10H14N2O2/c1-8-9(11(2)3)5-4-6-10(8)12(14)7-13/h4-7,14H,1-3H3. The number of hydrogen-bond donors (Lipinski definition) is 1. The largest absolute Gasteiger partial charge is 0.377 e. The summed E-state index contributed by atoms with van der Waals surface area (Å²) in [6.07, 6.45) is 0.377. The average molecular weight is 194 g/mol. The zero-order valence-corrected chi connectivity index (χ0v) is 8.56. The van der Waals surface area contributed by atoms with E-state index in [9.17, 15) is 10.0 Å². The van der Waals surface area contributed by atoms with Gasteiger partial charge in [-0.25, -0.2) is 0 Å². The van der Waals surface area contributed by atoms with Gasteiger partial charge in [-0.3, -0.25) is 10.0 Å². The highest BCUT2D eigenvalue weighted by Crippen LogP contribution is 2.26. The Morgan fingerprint density at radius 3 is 2.36 bits per heavy atom. The van der Waals surface area contributed by atoms with E-state index in [0.717, 1.165) is 11.3 Å². The predicted octanol–water partition coefficient (Wildman–Crippen LogP) is 1.41. The summed E-state index contributed by atoms with van der Waals surface area (Å²) in [6, 6.07) is 5.42. The minimum atomic E-state index is 0.377. The average Bonchev–Trinajstić information content (AvgIpc) is 2.16. The van der Waals surface area contributed by atoms with Crippen molar-refractivity contribution < 1.29 is 10.0 Å². The Bertz CT molecular complexity index is 337. The molecule has 1 aromatic carbocycles. The third-order valence-electron chi connectivity index (χ3n) is 2.11. The van der Waals surface area contributed by atoms with Gasteiger partial charge in [0.25, 0.3) is 0 Å². The molecule has 0 spiro atoms. The first-order chi connectivity index (χ1) is 6.57. The molecule has 1 N–H and O–H groups in total. The first kappa shape index (κ1) is 10.5. The molecule has 0 aromatic heterocycles. The lowest BCUT2D eigenvalue weighted by Crippen LogP contribution is -2.18. The van der Waals surface area contributed by atoms with Gasteiger partial charge >= 0.3 is 0 Å². The van der Waals surface area contributed by atoms with Gasteiger partial charge < -0.3 is 4.90 Å². The zero-order valence-electron chi connectivity index (χ0n) is 8.56. The monoisotopic (exact) mass is 194 g/mol. The second-order valence-corrected chi connectivity index (χ2v) is 3.27. The molecule has 76 valence electrons. The highest BCUT2D eigenvalue weighted by atomic mass is 16.5. The quantitative estimate of drug-likeness (QED) is 0.449. The van der Waals surface area contributed by atoms with Crippen LogP contribution < -0.4 is 9.96 Å². The summed E-state index contributed by atoms with van der Waals surface area (Å²) in [5, 5.41) is 9.85. The van der Waals surface area contributed by atoms with E-state index >= 15 is 0 Å². The van der Waals surface area contributed by atoms with Crippen LogP contribution in [0.3, 0.4) is 0 Å². The fraction of sp³-hybridized carbons (Fsp3) is 0.300. The minimum Gasteiger partial charge on any atom is -0.377 e. The predicted molar refractivity (Wildman–Crippen MR) is 55.8 cm³/mol. The summed E-state index contributed by atoms with van der Waals surface area (Å²) in [7, 11) is 3.82. The topological polar surface area (TPSA) is 43.8 Å². The molecule has 1 amide bonds. The molecule has 0 fully saturated rings. The van der Waals surface area contributed by atoms with Crippen LogP contribution in [0.15, 0.2) is 18.2 Å². The molecule has 0 saturated heterocycles. The van der Waals surface area contributed by atoms with Gasteiger partial charge in [0.05, 0.1) is 5.69 Å². The van der Waals surface area contributed by atoms with Crippen molar-refractivity contribution in [2.24, 2.45) is 0 Å². The Kier molecular flexibility index (Phi) is 3.09. The Labute approximate surface area is 83.3 Å². The molecule has 0 bridgehead atoms. The van der Waals surface area contributed by atoms with Crippen molar-refractivity contribution in [3.63, 3.8) is 0 Å². The lowest BCUT2D eigenvalue weighted by molar-refractivity contribution is -0.111. The maximum Gasteiger partial charge on any atom is 0.237 e. The van der Waals surface area contributed by atoms with E-state index < -0.39 is 0 Å². The molecule has 0 aliphatic heterocycles. The van der Waals surface area contributed by atoms with Crippen molar-refractivity contribution >= 4 is 17.8 Å².